The van der Waals surface area contributed by atoms with E-state index in [4.69, 9.17) is 23.8 Å². The second kappa shape index (κ2) is 21.8. The van der Waals surface area contributed by atoms with Crippen molar-refractivity contribution < 1.29 is 33.4 Å². The lowest BCUT2D eigenvalue weighted by Crippen LogP contribution is -2.44. The van der Waals surface area contributed by atoms with Gasteiger partial charge in [-0.25, -0.2) is 0 Å². The molecule has 0 aromatic heterocycles. The van der Waals surface area contributed by atoms with Crippen LogP contribution >= 0.6 is 0 Å². The lowest BCUT2D eigenvalue weighted by molar-refractivity contribution is -0.144. The number of rotatable bonds is 20. The molecule has 0 amide bonds. The summed E-state index contributed by atoms with van der Waals surface area (Å²) in [5, 5.41) is 17.5. The predicted octanol–water partition coefficient (Wildman–Crippen LogP) is 5.66. The summed E-state index contributed by atoms with van der Waals surface area (Å²) in [5.74, 6) is -0.313. The molecule has 0 saturated heterocycles. The molecule has 0 bridgehead atoms. The van der Waals surface area contributed by atoms with E-state index in [1.54, 1.807) is 0 Å². The van der Waals surface area contributed by atoms with E-state index >= 15 is 0 Å². The van der Waals surface area contributed by atoms with Crippen LogP contribution < -0.4 is 0 Å². The smallest absolute Gasteiger partial charge is 0.305 e. The number of carbonyl (C=O) groups is 2. The lowest BCUT2D eigenvalue weighted by atomic mass is 10.2. The SMILES string of the molecule is C.C.C[Si](C)(CCCOC(=O)CCCCCO)O[Si](C)(C)CCCOC(=O)CCCCCO. The normalized spacial score (nSPS) is 11.3. The number of hydrogen-bond donors (Lipinski definition) is 2. The fourth-order valence-corrected chi connectivity index (χ4v) is 12.3. The average Bonchev–Trinajstić information content (AvgIpc) is 2.68. The summed E-state index contributed by atoms with van der Waals surface area (Å²) in [4.78, 5) is 23.4. The van der Waals surface area contributed by atoms with Gasteiger partial charge in [0, 0.05) is 26.1 Å². The van der Waals surface area contributed by atoms with Crippen molar-refractivity contribution in [3.8, 4) is 0 Å². The number of esters is 2. The van der Waals surface area contributed by atoms with Gasteiger partial charge in [0.25, 0.3) is 0 Å². The van der Waals surface area contributed by atoms with Gasteiger partial charge in [-0.1, -0.05) is 27.7 Å². The van der Waals surface area contributed by atoms with Crippen molar-refractivity contribution in [2.24, 2.45) is 0 Å². The quantitative estimate of drug-likeness (QED) is 0.124. The largest absolute Gasteiger partial charge is 0.466 e. The van der Waals surface area contributed by atoms with Crippen molar-refractivity contribution in [2.45, 2.75) is 117 Å². The number of hydrogen-bond acceptors (Lipinski definition) is 7. The van der Waals surface area contributed by atoms with Crippen LogP contribution in [0.1, 0.15) is 79.1 Å². The molecule has 0 aromatic carbocycles. The van der Waals surface area contributed by atoms with Gasteiger partial charge in [-0.05, 0) is 76.8 Å². The van der Waals surface area contributed by atoms with Gasteiger partial charge < -0.3 is 23.8 Å². The Morgan fingerprint density at radius 1 is 0.606 bits per heavy atom. The Balaban J connectivity index is -0.00000450. The van der Waals surface area contributed by atoms with Crippen LogP contribution in [0.25, 0.3) is 0 Å². The minimum atomic E-state index is -1.84. The number of ether oxygens (including phenoxy) is 2. The summed E-state index contributed by atoms with van der Waals surface area (Å²) in [6, 6.07) is 1.90. The maximum absolute atomic E-state index is 11.7. The maximum atomic E-state index is 11.7. The van der Waals surface area contributed by atoms with Crippen molar-refractivity contribution in [2.75, 3.05) is 26.4 Å². The summed E-state index contributed by atoms with van der Waals surface area (Å²) < 4.78 is 17.2. The average molecular weight is 511 g/mol. The second-order valence-electron chi connectivity index (χ2n) is 9.34. The van der Waals surface area contributed by atoms with Gasteiger partial charge in [-0.3, -0.25) is 9.59 Å². The van der Waals surface area contributed by atoms with Crippen molar-refractivity contribution in [3.05, 3.63) is 0 Å². The highest BCUT2D eigenvalue weighted by Gasteiger charge is 2.32. The third-order valence-electron chi connectivity index (χ3n) is 5.00. The van der Waals surface area contributed by atoms with E-state index in [2.05, 4.69) is 26.2 Å². The molecule has 33 heavy (non-hydrogen) atoms. The van der Waals surface area contributed by atoms with Gasteiger partial charge in [0.2, 0.25) is 0 Å². The molecule has 200 valence electrons. The molecule has 0 aromatic rings. The molecule has 0 saturated carbocycles. The molecule has 0 aliphatic rings. The number of aliphatic hydroxyl groups is 2. The third kappa shape index (κ3) is 24.2. The molecule has 9 heteroatoms. The standard InChI is InChI=1S/C22H46O7Si2.2CH4/c1-30(2,19-11-17-27-21(25)13-7-5-9-15-23)29-31(3,4)20-12-18-28-22(26)14-8-6-10-16-24;;/h23-24H,5-20H2,1-4H3;2*1H4. The van der Waals surface area contributed by atoms with Crippen LogP contribution in [0.4, 0.5) is 0 Å². The summed E-state index contributed by atoms with van der Waals surface area (Å²) in [6.45, 7) is 10.1. The van der Waals surface area contributed by atoms with Gasteiger partial charge >= 0.3 is 11.9 Å². The van der Waals surface area contributed by atoms with Crippen molar-refractivity contribution in [3.63, 3.8) is 0 Å². The van der Waals surface area contributed by atoms with Crippen LogP contribution in [0.5, 0.6) is 0 Å². The van der Waals surface area contributed by atoms with E-state index in [9.17, 15) is 9.59 Å². The molecule has 0 aliphatic heterocycles. The van der Waals surface area contributed by atoms with Gasteiger partial charge in [-0.2, -0.15) is 0 Å². The topological polar surface area (TPSA) is 102 Å². The minimum Gasteiger partial charge on any atom is -0.466 e. The van der Waals surface area contributed by atoms with E-state index in [1.165, 1.54) is 0 Å². The van der Waals surface area contributed by atoms with E-state index in [0.717, 1.165) is 63.5 Å². The van der Waals surface area contributed by atoms with Gasteiger partial charge in [0.15, 0.2) is 16.6 Å². The Bertz CT molecular complexity index is 443. The zero-order chi connectivity index (χ0) is 23.6. The fraction of sp³-hybridized carbons (Fsp3) is 0.917. The van der Waals surface area contributed by atoms with Crippen LogP contribution in [-0.4, -0.2) is 65.2 Å². The van der Waals surface area contributed by atoms with Crippen LogP contribution in [0.2, 0.25) is 38.3 Å². The van der Waals surface area contributed by atoms with Crippen LogP contribution in [0.3, 0.4) is 0 Å². The first kappa shape index (κ1) is 36.8. The van der Waals surface area contributed by atoms with E-state index in [-0.39, 0.29) is 40.0 Å². The number of unbranched alkanes of at least 4 members (excludes halogenated alkanes) is 4. The predicted molar refractivity (Wildman–Crippen MR) is 141 cm³/mol. The number of carbonyl (C=O) groups excluding carboxylic acids is 2. The Morgan fingerprint density at radius 3 is 1.30 bits per heavy atom. The van der Waals surface area contributed by atoms with Crippen molar-refractivity contribution >= 4 is 28.6 Å². The first-order valence-corrected chi connectivity index (χ1v) is 18.1. The van der Waals surface area contributed by atoms with Crippen LogP contribution in [0, 0.1) is 0 Å². The molecule has 0 unspecified atom stereocenters. The van der Waals surface area contributed by atoms with Crippen molar-refractivity contribution in [1.82, 2.24) is 0 Å². The fourth-order valence-electron chi connectivity index (χ4n) is 3.48. The Morgan fingerprint density at radius 2 is 0.970 bits per heavy atom. The lowest BCUT2D eigenvalue weighted by Gasteiger charge is -2.34. The molecule has 2 N–H and O–H groups in total. The van der Waals surface area contributed by atoms with Crippen LogP contribution in [0.15, 0.2) is 0 Å². The van der Waals surface area contributed by atoms with Gasteiger partial charge in [-0.15, -0.1) is 0 Å². The summed E-state index contributed by atoms with van der Waals surface area (Å²) in [7, 11) is -3.68. The summed E-state index contributed by atoms with van der Waals surface area (Å²) >= 11 is 0. The molecule has 0 atom stereocenters. The van der Waals surface area contributed by atoms with E-state index in [0.29, 0.717) is 26.1 Å². The number of aliphatic hydroxyl groups excluding tert-OH is 2. The Hall–Kier alpha value is -0.746. The molecule has 7 nitrogen and oxygen atoms in total. The maximum Gasteiger partial charge on any atom is 0.305 e. The molecule has 0 spiro atoms. The Labute approximate surface area is 205 Å². The first-order valence-electron chi connectivity index (χ1n) is 11.8. The van der Waals surface area contributed by atoms with Crippen LogP contribution in [-0.2, 0) is 23.2 Å². The molecule has 0 rings (SSSR count). The van der Waals surface area contributed by atoms with E-state index in [1.807, 2.05) is 0 Å². The van der Waals surface area contributed by atoms with Gasteiger partial charge in [0.1, 0.15) is 0 Å². The molecule has 0 fully saturated rings. The zero-order valence-corrected chi connectivity index (χ0v) is 22.2. The first-order chi connectivity index (χ1) is 14.6. The minimum absolute atomic E-state index is 0. The highest BCUT2D eigenvalue weighted by molar-refractivity contribution is 6.84. The summed E-state index contributed by atoms with van der Waals surface area (Å²) in [6.07, 6.45) is 7.18. The molecular weight excluding hydrogens is 456 g/mol. The molecule has 0 aliphatic carbocycles. The third-order valence-corrected chi connectivity index (χ3v) is 12.5. The molecule has 0 radical (unpaired) electrons. The van der Waals surface area contributed by atoms with Crippen molar-refractivity contribution in [1.29, 1.82) is 0 Å². The molecular formula is C24H54O7Si2. The monoisotopic (exact) mass is 510 g/mol. The highest BCUT2D eigenvalue weighted by Crippen LogP contribution is 2.24. The van der Waals surface area contributed by atoms with E-state index < -0.39 is 16.6 Å². The zero-order valence-electron chi connectivity index (χ0n) is 20.2. The highest BCUT2D eigenvalue weighted by atomic mass is 28.4. The summed E-state index contributed by atoms with van der Waals surface area (Å²) in [5.41, 5.74) is 0. The Kier molecular flexibility index (Phi) is 24.3. The second-order valence-corrected chi connectivity index (χ2v) is 18.2. The molecule has 0 heterocycles. The van der Waals surface area contributed by atoms with Gasteiger partial charge in [0.05, 0.1) is 13.2 Å².